The Morgan fingerprint density at radius 3 is 2.67 bits per heavy atom. The molecule has 1 aliphatic heterocycles. The highest BCUT2D eigenvalue weighted by Gasteiger charge is 2.27. The van der Waals surface area contributed by atoms with Crippen LogP contribution in [0.3, 0.4) is 0 Å². The molecule has 4 amide bonds. The molecule has 18 heavy (non-hydrogen) atoms. The van der Waals surface area contributed by atoms with Gasteiger partial charge in [-0.2, -0.15) is 0 Å². The Hall–Kier alpha value is -1.77. The number of imide groups is 1. The van der Waals surface area contributed by atoms with Crippen molar-refractivity contribution in [2.45, 2.75) is 0 Å². The van der Waals surface area contributed by atoms with Crippen molar-refractivity contribution in [2.75, 3.05) is 31.1 Å². The summed E-state index contributed by atoms with van der Waals surface area (Å²) in [7, 11) is 0. The number of carbonyl (C=O) groups excluding carboxylic acids is 3. The minimum Gasteiger partial charge on any atom is -0.481 e. The predicted octanol–water partition coefficient (Wildman–Crippen LogP) is -1.53. The molecular formula is C9H13N3O5S. The first-order valence-corrected chi connectivity index (χ1v) is 6.30. The van der Waals surface area contributed by atoms with Gasteiger partial charge in [0.1, 0.15) is 0 Å². The summed E-state index contributed by atoms with van der Waals surface area (Å²) >= 11 is 0.982. The molecule has 0 radical (unpaired) electrons. The summed E-state index contributed by atoms with van der Waals surface area (Å²) in [4.78, 5) is 44.7. The third-order valence-electron chi connectivity index (χ3n) is 2.05. The normalized spacial score (nSPS) is 14.6. The number of rotatable bonds is 7. The topological polar surface area (TPSA) is 116 Å². The van der Waals surface area contributed by atoms with Crippen LogP contribution in [0.5, 0.6) is 0 Å². The van der Waals surface area contributed by atoms with E-state index in [-0.39, 0.29) is 43.0 Å². The lowest BCUT2D eigenvalue weighted by molar-refractivity contribution is -0.134. The number of carbonyl (C=O) groups is 4. The van der Waals surface area contributed by atoms with Crippen molar-refractivity contribution in [3.63, 3.8) is 0 Å². The zero-order valence-electron chi connectivity index (χ0n) is 9.47. The highest BCUT2D eigenvalue weighted by molar-refractivity contribution is 8.00. The number of amides is 4. The van der Waals surface area contributed by atoms with Crippen molar-refractivity contribution < 1.29 is 24.3 Å². The molecule has 0 atom stereocenters. The predicted molar refractivity (Wildman–Crippen MR) is 63.1 cm³/mol. The third kappa shape index (κ3) is 4.62. The number of carboxylic acids is 1. The van der Waals surface area contributed by atoms with E-state index in [1.54, 1.807) is 0 Å². The molecule has 1 fully saturated rings. The highest BCUT2D eigenvalue weighted by atomic mass is 32.2. The molecule has 0 aromatic rings. The van der Waals surface area contributed by atoms with E-state index in [0.717, 1.165) is 16.7 Å². The largest absolute Gasteiger partial charge is 0.481 e. The van der Waals surface area contributed by atoms with Crippen LogP contribution in [0.4, 0.5) is 4.79 Å². The number of carboxylic acid groups (broad SMARTS) is 1. The van der Waals surface area contributed by atoms with Gasteiger partial charge < -0.3 is 15.7 Å². The standard InChI is InChI=1S/C9H13N3O5S/c13-6(4-18-5-8(15)16)10-1-2-12-7(14)3-11-9(12)17/h1-5H2,(H,10,13)(H,11,17)(H,15,16). The van der Waals surface area contributed by atoms with E-state index >= 15 is 0 Å². The molecule has 0 aromatic heterocycles. The van der Waals surface area contributed by atoms with Crippen molar-refractivity contribution >= 4 is 35.6 Å². The van der Waals surface area contributed by atoms with Gasteiger partial charge in [0.15, 0.2) is 0 Å². The SMILES string of the molecule is O=C(O)CSCC(=O)NCCN1C(=O)CNC1=O. The van der Waals surface area contributed by atoms with Gasteiger partial charge in [-0.05, 0) is 0 Å². The maximum absolute atomic E-state index is 11.2. The van der Waals surface area contributed by atoms with Gasteiger partial charge in [0.05, 0.1) is 18.1 Å². The van der Waals surface area contributed by atoms with Crippen LogP contribution in [-0.4, -0.2) is 65.0 Å². The second-order valence-electron chi connectivity index (χ2n) is 3.44. The quantitative estimate of drug-likeness (QED) is 0.486. The molecule has 0 bridgehead atoms. The first kappa shape index (κ1) is 14.3. The molecule has 1 aliphatic rings. The number of urea groups is 1. The molecule has 9 heteroatoms. The molecule has 1 saturated heterocycles. The molecule has 3 N–H and O–H groups in total. The number of thioether (sulfide) groups is 1. The lowest BCUT2D eigenvalue weighted by atomic mass is 10.5. The van der Waals surface area contributed by atoms with Gasteiger partial charge in [-0.25, -0.2) is 4.79 Å². The Kier molecular flexibility index (Phi) is 5.43. The molecule has 1 rings (SSSR count). The lowest BCUT2D eigenvalue weighted by Crippen LogP contribution is -2.39. The molecule has 0 aromatic carbocycles. The monoisotopic (exact) mass is 275 g/mol. The number of aliphatic carboxylic acids is 1. The summed E-state index contributed by atoms with van der Waals surface area (Å²) in [5.74, 6) is -1.73. The van der Waals surface area contributed by atoms with Gasteiger partial charge in [-0.3, -0.25) is 19.3 Å². The van der Waals surface area contributed by atoms with E-state index < -0.39 is 12.0 Å². The smallest absolute Gasteiger partial charge is 0.324 e. The zero-order chi connectivity index (χ0) is 13.5. The summed E-state index contributed by atoms with van der Waals surface area (Å²) in [6, 6.07) is -0.463. The molecule has 8 nitrogen and oxygen atoms in total. The molecule has 1 heterocycles. The average molecular weight is 275 g/mol. The van der Waals surface area contributed by atoms with E-state index in [4.69, 9.17) is 5.11 Å². The number of nitrogens with zero attached hydrogens (tertiary/aromatic N) is 1. The van der Waals surface area contributed by atoms with Crippen molar-refractivity contribution in [3.05, 3.63) is 0 Å². The zero-order valence-corrected chi connectivity index (χ0v) is 10.3. The van der Waals surface area contributed by atoms with E-state index in [1.807, 2.05) is 0 Å². The van der Waals surface area contributed by atoms with Gasteiger partial charge in [0.2, 0.25) is 11.8 Å². The summed E-state index contributed by atoms with van der Waals surface area (Å²) in [5.41, 5.74) is 0. The number of hydrogen-bond donors (Lipinski definition) is 3. The Labute approximate surface area is 107 Å². The van der Waals surface area contributed by atoms with E-state index in [1.165, 1.54) is 0 Å². The molecular weight excluding hydrogens is 262 g/mol. The first-order chi connectivity index (χ1) is 8.50. The van der Waals surface area contributed by atoms with Crippen LogP contribution in [0.15, 0.2) is 0 Å². The second kappa shape index (κ2) is 6.84. The fourth-order valence-corrected chi connectivity index (χ4v) is 1.83. The molecule has 100 valence electrons. The maximum atomic E-state index is 11.2. The molecule has 0 aliphatic carbocycles. The van der Waals surface area contributed by atoms with Crippen LogP contribution < -0.4 is 10.6 Å². The third-order valence-corrected chi connectivity index (χ3v) is 2.97. The molecule has 0 spiro atoms. The minimum atomic E-state index is -0.980. The summed E-state index contributed by atoms with van der Waals surface area (Å²) in [6.07, 6.45) is 0. The Balaban J connectivity index is 2.13. The van der Waals surface area contributed by atoms with Crippen molar-refractivity contribution in [1.29, 1.82) is 0 Å². The first-order valence-electron chi connectivity index (χ1n) is 5.15. The molecule has 0 unspecified atom stereocenters. The van der Waals surface area contributed by atoms with Gasteiger partial charge in [-0.1, -0.05) is 0 Å². The molecule has 0 saturated carbocycles. The van der Waals surface area contributed by atoms with Crippen LogP contribution in [0, 0.1) is 0 Å². The van der Waals surface area contributed by atoms with Crippen LogP contribution in [-0.2, 0) is 14.4 Å². The van der Waals surface area contributed by atoms with Gasteiger partial charge >= 0.3 is 12.0 Å². The Morgan fingerprint density at radius 1 is 1.39 bits per heavy atom. The lowest BCUT2D eigenvalue weighted by Gasteiger charge is -2.12. The van der Waals surface area contributed by atoms with Crippen LogP contribution in [0.1, 0.15) is 0 Å². The number of nitrogens with one attached hydrogen (secondary N) is 2. The highest BCUT2D eigenvalue weighted by Crippen LogP contribution is 1.99. The van der Waals surface area contributed by atoms with Gasteiger partial charge in [-0.15, -0.1) is 11.8 Å². The van der Waals surface area contributed by atoms with Crippen LogP contribution in [0.25, 0.3) is 0 Å². The average Bonchev–Trinajstić information content (AvgIpc) is 2.60. The van der Waals surface area contributed by atoms with Gasteiger partial charge in [0.25, 0.3) is 0 Å². The summed E-state index contributed by atoms with van der Waals surface area (Å²) in [5, 5.41) is 13.2. The summed E-state index contributed by atoms with van der Waals surface area (Å²) in [6.45, 7) is 0.257. The van der Waals surface area contributed by atoms with Gasteiger partial charge in [0, 0.05) is 13.1 Å². The van der Waals surface area contributed by atoms with Crippen molar-refractivity contribution in [2.24, 2.45) is 0 Å². The van der Waals surface area contributed by atoms with Crippen LogP contribution >= 0.6 is 11.8 Å². The van der Waals surface area contributed by atoms with E-state index in [0.29, 0.717) is 0 Å². The fraction of sp³-hybridized carbons (Fsp3) is 0.556. The van der Waals surface area contributed by atoms with E-state index in [2.05, 4.69) is 10.6 Å². The van der Waals surface area contributed by atoms with Crippen LogP contribution in [0.2, 0.25) is 0 Å². The summed E-state index contributed by atoms with van der Waals surface area (Å²) < 4.78 is 0. The Morgan fingerprint density at radius 2 is 2.11 bits per heavy atom. The number of hydrogen-bond acceptors (Lipinski definition) is 5. The second-order valence-corrected chi connectivity index (χ2v) is 4.43. The van der Waals surface area contributed by atoms with E-state index in [9.17, 15) is 19.2 Å². The minimum absolute atomic E-state index is 0.0127. The Bertz CT molecular complexity index is 357. The van der Waals surface area contributed by atoms with Crippen molar-refractivity contribution in [1.82, 2.24) is 15.5 Å². The maximum Gasteiger partial charge on any atom is 0.324 e. The van der Waals surface area contributed by atoms with Crippen molar-refractivity contribution in [3.8, 4) is 0 Å². The fourth-order valence-electron chi connectivity index (χ4n) is 1.27.